The van der Waals surface area contributed by atoms with Crippen molar-refractivity contribution in [1.29, 1.82) is 0 Å². The van der Waals surface area contributed by atoms with Crippen LogP contribution in [0.4, 0.5) is 0 Å². The molecule has 0 unspecified atom stereocenters. The van der Waals surface area contributed by atoms with Gasteiger partial charge in [-0.25, -0.2) is 4.98 Å². The Hall–Kier alpha value is -3.87. The smallest absolute Gasteiger partial charge is 0.267 e. The zero-order valence-electron chi connectivity index (χ0n) is 18.4. The Labute approximate surface area is 192 Å². The quantitative estimate of drug-likeness (QED) is 0.421. The van der Waals surface area contributed by atoms with E-state index in [9.17, 15) is 9.59 Å². The van der Waals surface area contributed by atoms with Gasteiger partial charge in [0.1, 0.15) is 17.2 Å². The number of aromatic amines is 2. The van der Waals surface area contributed by atoms with Crippen LogP contribution >= 0.6 is 0 Å². The summed E-state index contributed by atoms with van der Waals surface area (Å²) >= 11 is 0. The average Bonchev–Trinajstić information content (AvgIpc) is 3.48. The van der Waals surface area contributed by atoms with Crippen LogP contribution < -0.4 is 5.73 Å². The molecule has 4 aromatic rings. The van der Waals surface area contributed by atoms with Crippen molar-refractivity contribution in [2.45, 2.75) is 31.6 Å². The van der Waals surface area contributed by atoms with Crippen LogP contribution in [0.1, 0.15) is 47.1 Å². The fourth-order valence-corrected chi connectivity index (χ4v) is 4.73. The lowest BCUT2D eigenvalue weighted by molar-refractivity contribution is -0.132. The van der Waals surface area contributed by atoms with Gasteiger partial charge in [0.25, 0.3) is 5.91 Å². The second-order valence-electron chi connectivity index (χ2n) is 8.61. The first kappa shape index (κ1) is 21.0. The van der Waals surface area contributed by atoms with Gasteiger partial charge in [0.15, 0.2) is 0 Å². The van der Waals surface area contributed by atoms with Crippen LogP contribution in [0.3, 0.4) is 0 Å². The minimum absolute atomic E-state index is 0.0475. The number of rotatable bonds is 6. The topological polar surface area (TPSA) is 108 Å². The highest BCUT2D eigenvalue weighted by Crippen LogP contribution is 2.30. The number of benzene rings is 2. The van der Waals surface area contributed by atoms with Crippen LogP contribution in [0.15, 0.2) is 60.8 Å². The standard InChI is InChI=1S/C26H27N5O2/c27-25(33)24-23(17-7-2-1-3-8-17)29-26(30-24)19-9-6-14-31(16-19)22(32)13-12-18-15-28-21-11-5-4-10-20(18)21/h1-5,7-8,10-11,15,19,28H,6,9,12-14,16H2,(H2,27,33)(H,29,30)/t19-/m1/s1. The monoisotopic (exact) mass is 441 g/mol. The van der Waals surface area contributed by atoms with Crippen molar-refractivity contribution in [2.24, 2.45) is 5.73 Å². The van der Waals surface area contributed by atoms with Crippen molar-refractivity contribution in [1.82, 2.24) is 19.9 Å². The summed E-state index contributed by atoms with van der Waals surface area (Å²) in [4.78, 5) is 38.2. The summed E-state index contributed by atoms with van der Waals surface area (Å²) in [5.74, 6) is 0.383. The number of para-hydroxylation sites is 1. The van der Waals surface area contributed by atoms with E-state index in [1.54, 1.807) is 0 Å². The number of nitrogens with zero attached hydrogens (tertiary/aromatic N) is 2. The molecule has 2 aromatic carbocycles. The van der Waals surface area contributed by atoms with Gasteiger partial charge in [-0.05, 0) is 30.9 Å². The first-order valence-electron chi connectivity index (χ1n) is 11.4. The molecule has 1 aliphatic heterocycles. The van der Waals surface area contributed by atoms with E-state index in [0.717, 1.165) is 41.9 Å². The second kappa shape index (κ2) is 8.94. The van der Waals surface area contributed by atoms with E-state index in [-0.39, 0.29) is 11.8 Å². The maximum atomic E-state index is 13.0. The maximum absolute atomic E-state index is 13.0. The van der Waals surface area contributed by atoms with Gasteiger partial charge < -0.3 is 20.6 Å². The van der Waals surface area contributed by atoms with Crippen LogP contribution in [0.25, 0.3) is 22.2 Å². The molecular formula is C26H27N5O2. The van der Waals surface area contributed by atoms with Crippen molar-refractivity contribution in [3.05, 3.63) is 77.9 Å². The Bertz CT molecular complexity index is 1290. The summed E-state index contributed by atoms with van der Waals surface area (Å²) < 4.78 is 0. The van der Waals surface area contributed by atoms with Crippen molar-refractivity contribution >= 4 is 22.7 Å². The Morgan fingerprint density at radius 3 is 2.70 bits per heavy atom. The molecule has 1 atom stereocenters. The van der Waals surface area contributed by atoms with Crippen molar-refractivity contribution in [2.75, 3.05) is 13.1 Å². The lowest BCUT2D eigenvalue weighted by Crippen LogP contribution is -2.39. The number of fused-ring (bicyclic) bond motifs is 1. The third-order valence-electron chi connectivity index (χ3n) is 6.46. The number of imidazole rings is 1. The number of nitrogens with one attached hydrogen (secondary N) is 2. The minimum Gasteiger partial charge on any atom is -0.364 e. The first-order valence-corrected chi connectivity index (χ1v) is 11.4. The molecule has 5 rings (SSSR count). The molecule has 33 heavy (non-hydrogen) atoms. The van der Waals surface area contributed by atoms with Crippen LogP contribution in [0.5, 0.6) is 0 Å². The number of carbonyl (C=O) groups is 2. The SMILES string of the molecule is NC(=O)c1[nH]c([C@@H]2CCCN(C(=O)CCc3c[nH]c4ccccc34)C2)nc1-c1ccccc1. The van der Waals surface area contributed by atoms with Gasteiger partial charge in [-0.1, -0.05) is 48.5 Å². The van der Waals surface area contributed by atoms with Crippen molar-refractivity contribution in [3.8, 4) is 11.3 Å². The number of likely N-dealkylation sites (tertiary alicyclic amines) is 1. The molecule has 0 bridgehead atoms. The van der Waals surface area contributed by atoms with Crippen molar-refractivity contribution < 1.29 is 9.59 Å². The normalized spacial score (nSPS) is 16.2. The van der Waals surface area contributed by atoms with Crippen LogP contribution in [0, 0.1) is 0 Å². The highest BCUT2D eigenvalue weighted by atomic mass is 16.2. The molecule has 4 N–H and O–H groups in total. The predicted octanol–water partition coefficient (Wildman–Crippen LogP) is 4.00. The number of nitrogens with two attached hydrogens (primary N) is 1. The number of aryl methyl sites for hydroxylation is 1. The number of carbonyl (C=O) groups excluding carboxylic acids is 2. The number of primary amides is 1. The Balaban J connectivity index is 1.29. The minimum atomic E-state index is -0.532. The third-order valence-corrected chi connectivity index (χ3v) is 6.46. The summed E-state index contributed by atoms with van der Waals surface area (Å²) in [5.41, 5.74) is 9.61. The Morgan fingerprint density at radius 1 is 1.09 bits per heavy atom. The van der Waals surface area contributed by atoms with Gasteiger partial charge in [0.2, 0.25) is 5.91 Å². The predicted molar refractivity (Wildman–Crippen MR) is 128 cm³/mol. The fourth-order valence-electron chi connectivity index (χ4n) is 4.73. The number of amides is 2. The average molecular weight is 442 g/mol. The highest BCUT2D eigenvalue weighted by molar-refractivity contribution is 5.97. The van der Waals surface area contributed by atoms with Crippen LogP contribution in [0.2, 0.25) is 0 Å². The number of H-pyrrole nitrogens is 2. The van der Waals surface area contributed by atoms with Gasteiger partial charge in [-0.2, -0.15) is 0 Å². The Morgan fingerprint density at radius 2 is 1.88 bits per heavy atom. The van der Waals surface area contributed by atoms with Gasteiger partial charge in [-0.15, -0.1) is 0 Å². The molecule has 0 aliphatic carbocycles. The molecule has 1 aliphatic rings. The number of hydrogen-bond acceptors (Lipinski definition) is 3. The van der Waals surface area contributed by atoms with Gasteiger partial charge in [0.05, 0.1) is 0 Å². The molecule has 0 saturated carbocycles. The van der Waals surface area contributed by atoms with Crippen LogP contribution in [-0.4, -0.2) is 44.8 Å². The summed E-state index contributed by atoms with van der Waals surface area (Å²) in [6.07, 6.45) is 4.97. The third kappa shape index (κ3) is 4.26. The van der Waals surface area contributed by atoms with E-state index in [0.29, 0.717) is 30.8 Å². The Kier molecular flexibility index (Phi) is 5.69. The molecule has 0 radical (unpaired) electrons. The molecule has 2 aromatic heterocycles. The van der Waals surface area contributed by atoms with Gasteiger partial charge >= 0.3 is 0 Å². The number of piperidine rings is 1. The number of aromatic nitrogens is 3. The molecule has 3 heterocycles. The molecular weight excluding hydrogens is 414 g/mol. The van der Waals surface area contributed by atoms with E-state index in [4.69, 9.17) is 10.7 Å². The van der Waals surface area contributed by atoms with E-state index in [2.05, 4.69) is 16.0 Å². The summed E-state index contributed by atoms with van der Waals surface area (Å²) in [6.45, 7) is 1.34. The first-order chi connectivity index (χ1) is 16.1. The summed E-state index contributed by atoms with van der Waals surface area (Å²) in [5, 5.41) is 1.17. The van der Waals surface area contributed by atoms with Crippen LogP contribution in [-0.2, 0) is 11.2 Å². The molecule has 7 nitrogen and oxygen atoms in total. The molecule has 168 valence electrons. The van der Waals surface area contributed by atoms with E-state index in [1.165, 1.54) is 5.39 Å². The van der Waals surface area contributed by atoms with Crippen molar-refractivity contribution in [3.63, 3.8) is 0 Å². The summed E-state index contributed by atoms with van der Waals surface area (Å²) in [7, 11) is 0. The molecule has 7 heteroatoms. The largest absolute Gasteiger partial charge is 0.364 e. The molecule has 0 spiro atoms. The van der Waals surface area contributed by atoms with E-state index < -0.39 is 5.91 Å². The van der Waals surface area contributed by atoms with E-state index >= 15 is 0 Å². The summed E-state index contributed by atoms with van der Waals surface area (Å²) in [6, 6.07) is 17.7. The fraction of sp³-hybridized carbons (Fsp3) is 0.269. The lowest BCUT2D eigenvalue weighted by Gasteiger charge is -2.32. The van der Waals surface area contributed by atoms with Gasteiger partial charge in [-0.3, -0.25) is 9.59 Å². The molecule has 1 saturated heterocycles. The number of hydrogen-bond donors (Lipinski definition) is 3. The van der Waals surface area contributed by atoms with E-state index in [1.807, 2.05) is 59.6 Å². The zero-order valence-corrected chi connectivity index (χ0v) is 18.4. The van der Waals surface area contributed by atoms with Gasteiger partial charge in [0, 0.05) is 48.1 Å². The zero-order chi connectivity index (χ0) is 22.8. The lowest BCUT2D eigenvalue weighted by atomic mass is 9.96. The highest BCUT2D eigenvalue weighted by Gasteiger charge is 2.28. The molecule has 2 amide bonds. The second-order valence-corrected chi connectivity index (χ2v) is 8.61. The maximum Gasteiger partial charge on any atom is 0.267 e. The molecule has 1 fully saturated rings.